The lowest BCUT2D eigenvalue weighted by atomic mass is 10.3. The van der Waals surface area contributed by atoms with E-state index in [0.717, 1.165) is 0 Å². The molecule has 8 heteroatoms. The quantitative estimate of drug-likeness (QED) is 0.457. The second-order valence-electron chi connectivity index (χ2n) is 3.70. The number of nitro groups is 1. The van der Waals surface area contributed by atoms with Crippen molar-refractivity contribution >= 4 is 23.1 Å². The Hall–Kier alpha value is -2.32. The second-order valence-corrected chi connectivity index (χ2v) is 3.70. The molecule has 19 heavy (non-hydrogen) atoms. The van der Waals surface area contributed by atoms with Crippen molar-refractivity contribution in [1.82, 2.24) is 5.32 Å². The Balaban J connectivity index is 2.40. The van der Waals surface area contributed by atoms with E-state index in [9.17, 15) is 19.7 Å². The number of hydrogen-bond acceptors (Lipinski definition) is 6. The Morgan fingerprint density at radius 3 is 2.37 bits per heavy atom. The largest absolute Gasteiger partial charge is 0.325 e. The molecular formula is C11H14N4O4. The number of carbonyl (C=O) groups excluding carboxylic acids is 2. The molecule has 0 fully saturated rings. The molecule has 102 valence electrons. The number of Topliss-reactive ketones (excluding diaryl/α,β-unsaturated/α-hetero) is 1. The number of carbonyl (C=O) groups is 2. The minimum absolute atomic E-state index is 0.0319. The fourth-order valence-corrected chi connectivity index (χ4v) is 1.26. The maximum Gasteiger partial charge on any atom is 0.269 e. The summed E-state index contributed by atoms with van der Waals surface area (Å²) in [5, 5.41) is 15.6. The number of nitrogens with zero attached hydrogens (tertiary/aromatic N) is 1. The molecule has 0 saturated heterocycles. The van der Waals surface area contributed by atoms with Crippen LogP contribution in [0.4, 0.5) is 11.4 Å². The van der Waals surface area contributed by atoms with Gasteiger partial charge in [-0.15, -0.1) is 0 Å². The first kappa shape index (κ1) is 14.7. The highest BCUT2D eigenvalue weighted by molar-refractivity contribution is 5.92. The van der Waals surface area contributed by atoms with Crippen molar-refractivity contribution in [1.29, 1.82) is 0 Å². The maximum atomic E-state index is 11.5. The molecule has 0 bridgehead atoms. The van der Waals surface area contributed by atoms with Gasteiger partial charge in [-0.1, -0.05) is 0 Å². The monoisotopic (exact) mass is 266 g/mol. The molecule has 0 radical (unpaired) electrons. The Morgan fingerprint density at radius 1 is 1.21 bits per heavy atom. The van der Waals surface area contributed by atoms with E-state index >= 15 is 0 Å². The SMILES string of the molecule is NCC(=O)CNCC(=O)Nc1ccc([N+](=O)[O-])cc1. The highest BCUT2D eigenvalue weighted by Crippen LogP contribution is 2.14. The summed E-state index contributed by atoms with van der Waals surface area (Å²) >= 11 is 0. The number of ketones is 1. The van der Waals surface area contributed by atoms with Crippen LogP contribution in [-0.4, -0.2) is 36.2 Å². The Morgan fingerprint density at radius 2 is 1.84 bits per heavy atom. The third-order valence-corrected chi connectivity index (χ3v) is 2.20. The fourth-order valence-electron chi connectivity index (χ4n) is 1.26. The average Bonchev–Trinajstić information content (AvgIpc) is 2.39. The predicted molar refractivity (Wildman–Crippen MR) is 68.7 cm³/mol. The highest BCUT2D eigenvalue weighted by atomic mass is 16.6. The third-order valence-electron chi connectivity index (χ3n) is 2.20. The van der Waals surface area contributed by atoms with Gasteiger partial charge in [0.05, 0.1) is 24.6 Å². The minimum atomic E-state index is -0.522. The Bertz CT molecular complexity index is 472. The zero-order valence-corrected chi connectivity index (χ0v) is 10.1. The van der Waals surface area contributed by atoms with Crippen molar-refractivity contribution in [3.05, 3.63) is 34.4 Å². The molecule has 0 aliphatic rings. The molecule has 1 amide bonds. The van der Waals surface area contributed by atoms with Crippen LogP contribution in [0, 0.1) is 10.1 Å². The van der Waals surface area contributed by atoms with Crippen molar-refractivity contribution in [2.24, 2.45) is 5.73 Å². The van der Waals surface area contributed by atoms with Crippen LogP contribution in [0.1, 0.15) is 0 Å². The summed E-state index contributed by atoms with van der Waals surface area (Å²) in [6.07, 6.45) is 0. The van der Waals surface area contributed by atoms with Crippen LogP contribution >= 0.6 is 0 Å². The number of nitro benzene ring substituents is 1. The number of benzene rings is 1. The van der Waals surface area contributed by atoms with Gasteiger partial charge in [0.15, 0.2) is 5.78 Å². The molecule has 1 aromatic rings. The Kier molecular flexibility index (Phi) is 5.58. The van der Waals surface area contributed by atoms with Gasteiger partial charge in [-0.2, -0.15) is 0 Å². The van der Waals surface area contributed by atoms with Gasteiger partial charge in [-0.05, 0) is 12.1 Å². The molecule has 1 aromatic carbocycles. The van der Waals surface area contributed by atoms with Crippen LogP contribution in [0.15, 0.2) is 24.3 Å². The lowest BCUT2D eigenvalue weighted by Crippen LogP contribution is -2.34. The van der Waals surface area contributed by atoms with Crippen molar-refractivity contribution in [3.8, 4) is 0 Å². The van der Waals surface area contributed by atoms with Crippen LogP contribution < -0.4 is 16.4 Å². The molecule has 0 saturated carbocycles. The van der Waals surface area contributed by atoms with Crippen LogP contribution in [0.5, 0.6) is 0 Å². The number of amides is 1. The van der Waals surface area contributed by atoms with E-state index in [2.05, 4.69) is 10.6 Å². The predicted octanol–water partition coefficient (Wildman–Crippen LogP) is -0.349. The molecule has 0 aliphatic carbocycles. The van der Waals surface area contributed by atoms with Crippen molar-refractivity contribution in [2.45, 2.75) is 0 Å². The van der Waals surface area contributed by atoms with E-state index in [4.69, 9.17) is 5.73 Å². The molecule has 8 nitrogen and oxygen atoms in total. The first-order chi connectivity index (χ1) is 9.02. The fraction of sp³-hybridized carbons (Fsp3) is 0.273. The van der Waals surface area contributed by atoms with E-state index in [1.165, 1.54) is 24.3 Å². The number of nitrogens with one attached hydrogen (secondary N) is 2. The molecule has 0 spiro atoms. The molecule has 4 N–H and O–H groups in total. The van der Waals surface area contributed by atoms with E-state index in [0.29, 0.717) is 5.69 Å². The molecule has 0 unspecified atom stereocenters. The first-order valence-corrected chi connectivity index (χ1v) is 5.49. The zero-order chi connectivity index (χ0) is 14.3. The molecule has 0 heterocycles. The number of hydrogen-bond donors (Lipinski definition) is 3. The molecule has 0 aliphatic heterocycles. The zero-order valence-electron chi connectivity index (χ0n) is 10.1. The standard InChI is InChI=1S/C11H14N4O4/c12-5-10(16)6-13-7-11(17)14-8-1-3-9(4-2-8)15(18)19/h1-4,13H,5-7,12H2,(H,14,17). The minimum Gasteiger partial charge on any atom is -0.325 e. The summed E-state index contributed by atoms with van der Waals surface area (Å²) in [5.41, 5.74) is 5.50. The van der Waals surface area contributed by atoms with Gasteiger partial charge in [-0.25, -0.2) is 0 Å². The first-order valence-electron chi connectivity index (χ1n) is 5.49. The number of rotatable bonds is 7. The van der Waals surface area contributed by atoms with Crippen LogP contribution in [0.25, 0.3) is 0 Å². The van der Waals surface area contributed by atoms with Gasteiger partial charge >= 0.3 is 0 Å². The van der Waals surface area contributed by atoms with Crippen LogP contribution in [0.3, 0.4) is 0 Å². The molecular weight excluding hydrogens is 252 g/mol. The van der Waals surface area contributed by atoms with Crippen LogP contribution in [-0.2, 0) is 9.59 Å². The summed E-state index contributed by atoms with van der Waals surface area (Å²) in [6, 6.07) is 5.45. The van der Waals surface area contributed by atoms with E-state index < -0.39 is 4.92 Å². The highest BCUT2D eigenvalue weighted by Gasteiger charge is 2.06. The average molecular weight is 266 g/mol. The summed E-state index contributed by atoms with van der Waals surface area (Å²) in [7, 11) is 0. The second kappa shape index (κ2) is 7.19. The summed E-state index contributed by atoms with van der Waals surface area (Å²) in [4.78, 5) is 32.2. The van der Waals surface area contributed by atoms with Gasteiger partial charge in [-0.3, -0.25) is 19.7 Å². The van der Waals surface area contributed by atoms with Gasteiger partial charge in [0, 0.05) is 17.8 Å². The van der Waals surface area contributed by atoms with Crippen LogP contribution in [0.2, 0.25) is 0 Å². The summed E-state index contributed by atoms with van der Waals surface area (Å²) in [6.45, 7) is -0.0795. The summed E-state index contributed by atoms with van der Waals surface area (Å²) < 4.78 is 0. The van der Waals surface area contributed by atoms with E-state index in [-0.39, 0.29) is 37.0 Å². The lowest BCUT2D eigenvalue weighted by molar-refractivity contribution is -0.384. The molecule has 1 rings (SSSR count). The smallest absolute Gasteiger partial charge is 0.269 e. The van der Waals surface area contributed by atoms with E-state index in [1.807, 2.05) is 0 Å². The van der Waals surface area contributed by atoms with Gasteiger partial charge in [0.2, 0.25) is 5.91 Å². The third kappa shape index (κ3) is 5.23. The number of non-ortho nitro benzene ring substituents is 1. The summed E-state index contributed by atoms with van der Waals surface area (Å²) in [5.74, 6) is -0.540. The molecule has 0 aromatic heterocycles. The number of nitrogens with two attached hydrogens (primary N) is 1. The number of anilines is 1. The van der Waals surface area contributed by atoms with Crippen molar-refractivity contribution < 1.29 is 14.5 Å². The normalized spacial score (nSPS) is 9.95. The molecule has 0 atom stereocenters. The lowest BCUT2D eigenvalue weighted by Gasteiger charge is -2.05. The van der Waals surface area contributed by atoms with E-state index in [1.54, 1.807) is 0 Å². The van der Waals surface area contributed by atoms with Crippen molar-refractivity contribution in [3.63, 3.8) is 0 Å². The van der Waals surface area contributed by atoms with Gasteiger partial charge in [0.25, 0.3) is 5.69 Å². The van der Waals surface area contributed by atoms with Gasteiger partial charge < -0.3 is 16.4 Å². The Labute approximate surface area is 109 Å². The topological polar surface area (TPSA) is 127 Å². The van der Waals surface area contributed by atoms with Crippen molar-refractivity contribution in [2.75, 3.05) is 25.0 Å². The van der Waals surface area contributed by atoms with Gasteiger partial charge in [0.1, 0.15) is 0 Å². The maximum absolute atomic E-state index is 11.5.